The Morgan fingerprint density at radius 3 is 2.59 bits per heavy atom. The van der Waals surface area contributed by atoms with Crippen LogP contribution in [0.3, 0.4) is 0 Å². The van der Waals surface area contributed by atoms with Gasteiger partial charge >= 0.3 is 6.18 Å². The van der Waals surface area contributed by atoms with Crippen LogP contribution in [0.4, 0.5) is 17.6 Å². The van der Waals surface area contributed by atoms with E-state index in [2.05, 4.69) is 20.6 Å². The molecule has 0 aliphatic heterocycles. The number of guanidine groups is 1. The second-order valence-corrected chi connectivity index (χ2v) is 5.53. The van der Waals surface area contributed by atoms with E-state index in [4.69, 9.17) is 0 Å². The van der Waals surface area contributed by atoms with E-state index in [1.165, 1.54) is 0 Å². The van der Waals surface area contributed by atoms with Crippen molar-refractivity contribution >= 4 is 29.9 Å². The first-order valence-electron chi connectivity index (χ1n) is 8.17. The van der Waals surface area contributed by atoms with E-state index in [9.17, 15) is 17.6 Å². The summed E-state index contributed by atoms with van der Waals surface area (Å²) in [6.07, 6.45) is -0.495. The van der Waals surface area contributed by atoms with Crippen LogP contribution in [-0.4, -0.2) is 24.0 Å². The summed E-state index contributed by atoms with van der Waals surface area (Å²) in [5.41, 5.74) is -0.0513. The topological polar surface area (TPSA) is 49.3 Å². The fourth-order valence-corrected chi connectivity index (χ4v) is 2.33. The largest absolute Gasteiger partial charge is 0.416 e. The lowest BCUT2D eigenvalue weighted by Gasteiger charge is -2.14. The Bertz CT molecular complexity index is 736. The minimum absolute atomic E-state index is 0. The lowest BCUT2D eigenvalue weighted by atomic mass is 10.1. The highest BCUT2D eigenvalue weighted by Crippen LogP contribution is 2.32. The summed E-state index contributed by atoms with van der Waals surface area (Å²) in [5, 5.41) is 6.04. The Balaban J connectivity index is 0.00000364. The monoisotopic (exact) mass is 496 g/mol. The van der Waals surface area contributed by atoms with Crippen molar-refractivity contribution in [1.29, 1.82) is 0 Å². The van der Waals surface area contributed by atoms with Crippen LogP contribution < -0.4 is 10.6 Å². The van der Waals surface area contributed by atoms with Gasteiger partial charge in [0.15, 0.2) is 5.96 Å². The first-order valence-corrected chi connectivity index (χ1v) is 8.17. The highest BCUT2D eigenvalue weighted by molar-refractivity contribution is 14.0. The molecule has 2 aromatic rings. The summed E-state index contributed by atoms with van der Waals surface area (Å²) in [4.78, 5) is 8.20. The highest BCUT2D eigenvalue weighted by atomic mass is 127. The first-order chi connectivity index (χ1) is 12.4. The molecule has 0 fully saturated rings. The molecule has 1 aromatic heterocycles. The van der Waals surface area contributed by atoms with E-state index >= 15 is 0 Å². The van der Waals surface area contributed by atoms with Crippen LogP contribution in [0.2, 0.25) is 0 Å². The maximum Gasteiger partial charge on any atom is 0.416 e. The van der Waals surface area contributed by atoms with Crippen LogP contribution in [0.25, 0.3) is 0 Å². The molecule has 27 heavy (non-hydrogen) atoms. The van der Waals surface area contributed by atoms with E-state index < -0.39 is 17.6 Å². The number of aliphatic imine (C=N–C) groups is 1. The van der Waals surface area contributed by atoms with Gasteiger partial charge in [0, 0.05) is 25.5 Å². The fourth-order valence-electron chi connectivity index (χ4n) is 2.33. The molecule has 0 atom stereocenters. The molecule has 0 saturated carbocycles. The first kappa shape index (κ1) is 23.1. The lowest BCUT2D eigenvalue weighted by Crippen LogP contribution is -2.38. The van der Waals surface area contributed by atoms with Crippen molar-refractivity contribution in [2.45, 2.75) is 26.1 Å². The van der Waals surface area contributed by atoms with Gasteiger partial charge in [0.25, 0.3) is 0 Å². The van der Waals surface area contributed by atoms with Crippen molar-refractivity contribution < 1.29 is 17.6 Å². The van der Waals surface area contributed by atoms with Crippen molar-refractivity contribution in [3.05, 3.63) is 65.2 Å². The number of halogens is 5. The minimum Gasteiger partial charge on any atom is -0.357 e. The van der Waals surface area contributed by atoms with Crippen LogP contribution in [0.15, 0.2) is 47.7 Å². The molecule has 0 saturated heterocycles. The summed E-state index contributed by atoms with van der Waals surface area (Å²) >= 11 is 0. The Morgan fingerprint density at radius 1 is 1.19 bits per heavy atom. The van der Waals surface area contributed by atoms with Crippen molar-refractivity contribution in [3.8, 4) is 0 Å². The third-order valence-electron chi connectivity index (χ3n) is 3.56. The predicted octanol–water partition coefficient (Wildman–Crippen LogP) is 4.16. The Morgan fingerprint density at radius 2 is 1.96 bits per heavy atom. The zero-order chi connectivity index (χ0) is 19.0. The highest BCUT2D eigenvalue weighted by Gasteiger charge is 2.33. The molecule has 0 aliphatic rings. The van der Waals surface area contributed by atoms with E-state index in [1.54, 1.807) is 12.4 Å². The van der Waals surface area contributed by atoms with Gasteiger partial charge in [-0.25, -0.2) is 9.38 Å². The molecule has 0 radical (unpaired) electrons. The number of nitrogens with one attached hydrogen (secondary N) is 2. The van der Waals surface area contributed by atoms with E-state index in [-0.39, 0.29) is 36.1 Å². The second-order valence-electron chi connectivity index (χ2n) is 5.53. The summed E-state index contributed by atoms with van der Waals surface area (Å²) < 4.78 is 52.3. The second kappa shape index (κ2) is 11.1. The molecule has 4 nitrogen and oxygen atoms in total. The van der Waals surface area contributed by atoms with Gasteiger partial charge in [-0.05, 0) is 42.7 Å². The van der Waals surface area contributed by atoms with Gasteiger partial charge in [0.1, 0.15) is 5.82 Å². The Hall–Kier alpha value is -1.91. The predicted molar refractivity (Wildman–Crippen MR) is 108 cm³/mol. The molecule has 0 amide bonds. The number of benzene rings is 1. The zero-order valence-corrected chi connectivity index (χ0v) is 17.0. The van der Waals surface area contributed by atoms with Gasteiger partial charge in [0.2, 0.25) is 0 Å². The molecule has 0 unspecified atom stereocenters. The minimum atomic E-state index is -4.63. The molecule has 1 aromatic carbocycles. The third kappa shape index (κ3) is 7.69. The van der Waals surface area contributed by atoms with Gasteiger partial charge < -0.3 is 10.6 Å². The molecule has 0 aliphatic carbocycles. The summed E-state index contributed by atoms with van der Waals surface area (Å²) in [6, 6.07) is 6.38. The van der Waals surface area contributed by atoms with Gasteiger partial charge in [0.05, 0.1) is 12.1 Å². The quantitative estimate of drug-likeness (QED) is 0.274. The molecule has 0 bridgehead atoms. The Kier molecular flexibility index (Phi) is 9.47. The van der Waals surface area contributed by atoms with Crippen molar-refractivity contribution in [3.63, 3.8) is 0 Å². The number of hydrogen-bond acceptors (Lipinski definition) is 2. The van der Waals surface area contributed by atoms with E-state index in [1.807, 2.05) is 19.1 Å². The van der Waals surface area contributed by atoms with Gasteiger partial charge in [-0.3, -0.25) is 4.98 Å². The van der Waals surface area contributed by atoms with Gasteiger partial charge in [-0.15, -0.1) is 24.0 Å². The summed E-state index contributed by atoms with van der Waals surface area (Å²) in [5.74, 6) is -0.527. The molecule has 2 rings (SSSR count). The molecule has 9 heteroatoms. The normalized spacial score (nSPS) is 11.7. The lowest BCUT2D eigenvalue weighted by molar-refractivity contribution is -0.138. The third-order valence-corrected chi connectivity index (χ3v) is 3.56. The molecule has 2 N–H and O–H groups in total. The summed E-state index contributed by atoms with van der Waals surface area (Å²) in [6.45, 7) is 2.76. The molecular formula is C18H21F4IN4. The average molecular weight is 496 g/mol. The van der Waals surface area contributed by atoms with Gasteiger partial charge in [-0.1, -0.05) is 12.1 Å². The fraction of sp³-hybridized carbons (Fsp3) is 0.333. The number of pyridine rings is 1. The molecular weight excluding hydrogens is 475 g/mol. The van der Waals surface area contributed by atoms with Crippen molar-refractivity contribution in [2.75, 3.05) is 13.1 Å². The van der Waals surface area contributed by atoms with Crippen LogP contribution >= 0.6 is 24.0 Å². The molecule has 0 spiro atoms. The standard InChI is InChI=1S/C18H20F4N4.HI/c1-2-24-17(25-9-7-13-4-3-8-23-11-13)26-12-14-5-6-15(19)10-16(14)18(20,21)22;/h3-6,8,10-11H,2,7,9,12H2,1H3,(H2,24,25,26);1H. The SMILES string of the molecule is CCNC(=NCc1ccc(F)cc1C(F)(F)F)NCCc1cccnc1.I. The maximum absolute atomic E-state index is 13.2. The van der Waals surface area contributed by atoms with Crippen LogP contribution in [-0.2, 0) is 19.1 Å². The van der Waals surface area contributed by atoms with E-state index in [0.29, 0.717) is 31.5 Å². The van der Waals surface area contributed by atoms with Crippen LogP contribution in [0, 0.1) is 5.82 Å². The average Bonchev–Trinajstić information content (AvgIpc) is 2.60. The maximum atomic E-state index is 13.2. The van der Waals surface area contributed by atoms with E-state index in [0.717, 1.165) is 17.7 Å². The molecule has 148 valence electrons. The van der Waals surface area contributed by atoms with Crippen molar-refractivity contribution in [2.24, 2.45) is 4.99 Å². The number of rotatable bonds is 6. The number of hydrogen-bond donors (Lipinski definition) is 2. The van der Waals surface area contributed by atoms with Crippen molar-refractivity contribution in [1.82, 2.24) is 15.6 Å². The number of alkyl halides is 3. The van der Waals surface area contributed by atoms with Crippen LogP contribution in [0.5, 0.6) is 0 Å². The smallest absolute Gasteiger partial charge is 0.357 e. The summed E-state index contributed by atoms with van der Waals surface area (Å²) in [7, 11) is 0. The van der Waals surface area contributed by atoms with Gasteiger partial charge in [-0.2, -0.15) is 13.2 Å². The zero-order valence-electron chi connectivity index (χ0n) is 14.7. The van der Waals surface area contributed by atoms with Crippen LogP contribution in [0.1, 0.15) is 23.6 Å². The number of aromatic nitrogens is 1. The number of nitrogens with zero attached hydrogens (tertiary/aromatic N) is 2. The molecule has 1 heterocycles. The Labute approximate surface area is 172 Å².